The van der Waals surface area contributed by atoms with Crippen molar-refractivity contribution in [2.24, 2.45) is 0 Å². The van der Waals surface area contributed by atoms with Gasteiger partial charge in [0.2, 0.25) is 0 Å². The lowest BCUT2D eigenvalue weighted by Crippen LogP contribution is -2.43. The van der Waals surface area contributed by atoms with Crippen LogP contribution >= 0.6 is 11.6 Å². The van der Waals surface area contributed by atoms with E-state index in [4.69, 9.17) is 11.6 Å². The van der Waals surface area contributed by atoms with E-state index in [0.717, 1.165) is 0 Å². The first-order valence-electron chi connectivity index (χ1n) is 6.25. The van der Waals surface area contributed by atoms with Gasteiger partial charge in [-0.05, 0) is 33.3 Å². The maximum atomic E-state index is 14.1. The van der Waals surface area contributed by atoms with Crippen LogP contribution in [0.15, 0.2) is 24.9 Å². The van der Waals surface area contributed by atoms with Gasteiger partial charge in [0.25, 0.3) is 0 Å². The maximum absolute atomic E-state index is 14.1. The summed E-state index contributed by atoms with van der Waals surface area (Å²) in [7, 11) is 1.69. The predicted octanol–water partition coefficient (Wildman–Crippen LogP) is 3.89. The lowest BCUT2D eigenvalue weighted by atomic mass is 10.1. The summed E-state index contributed by atoms with van der Waals surface area (Å²) in [4.78, 5) is 4.06. The lowest BCUT2D eigenvalue weighted by molar-refractivity contribution is 0.348. The minimum atomic E-state index is -1.29. The van der Waals surface area contributed by atoms with Crippen molar-refractivity contribution >= 4 is 23.0 Å². The Morgan fingerprint density at radius 2 is 2.20 bits per heavy atom. The number of rotatable bonds is 5. The molecule has 0 aliphatic carbocycles. The van der Waals surface area contributed by atoms with Crippen molar-refractivity contribution < 1.29 is 8.94 Å². The van der Waals surface area contributed by atoms with E-state index in [1.807, 2.05) is 20.8 Å². The molecule has 0 radical (unpaired) electrons. The van der Waals surface area contributed by atoms with Gasteiger partial charge < -0.3 is 4.55 Å². The molecule has 1 aromatic heterocycles. The van der Waals surface area contributed by atoms with Crippen LogP contribution in [0.3, 0.4) is 0 Å². The Kier molecular flexibility index (Phi) is 6.01. The van der Waals surface area contributed by atoms with E-state index in [0.29, 0.717) is 6.42 Å². The molecule has 112 valence electrons. The molecule has 6 heteroatoms. The minimum absolute atomic E-state index is 0.0130. The Bertz CT molecular complexity index is 479. The fourth-order valence-corrected chi connectivity index (χ4v) is 3.24. The number of hydrogen-bond acceptors (Lipinski definition) is 3. The molecule has 0 N–H and O–H groups in total. The van der Waals surface area contributed by atoms with Gasteiger partial charge in [0.1, 0.15) is 10.8 Å². The highest BCUT2D eigenvalue weighted by Gasteiger charge is 2.37. The normalized spacial score (nSPS) is 15.2. The molecule has 0 spiro atoms. The van der Waals surface area contributed by atoms with Crippen molar-refractivity contribution in [1.29, 1.82) is 0 Å². The summed E-state index contributed by atoms with van der Waals surface area (Å²) in [6.45, 7) is 9.28. The number of hydrogen-bond donors (Lipinski definition) is 0. The minimum Gasteiger partial charge on any atom is -0.597 e. The topological polar surface area (TPSA) is 39.2 Å². The van der Waals surface area contributed by atoms with Crippen molar-refractivity contribution in [3.63, 3.8) is 0 Å². The highest BCUT2D eigenvalue weighted by Crippen LogP contribution is 2.32. The van der Waals surface area contributed by atoms with Gasteiger partial charge in [0, 0.05) is 24.6 Å². The summed E-state index contributed by atoms with van der Waals surface area (Å²) >= 11 is 4.50. The Labute approximate surface area is 128 Å². The van der Waals surface area contributed by atoms with E-state index in [1.165, 1.54) is 12.3 Å². The van der Waals surface area contributed by atoms with E-state index in [1.54, 1.807) is 17.4 Å². The molecule has 0 amide bonds. The molecule has 0 aromatic carbocycles. The van der Waals surface area contributed by atoms with Crippen LogP contribution in [0.1, 0.15) is 38.9 Å². The fraction of sp³-hybridized carbons (Fsp3) is 0.500. The maximum Gasteiger partial charge on any atom is 0.165 e. The van der Waals surface area contributed by atoms with Gasteiger partial charge in [-0.25, -0.2) is 4.39 Å². The van der Waals surface area contributed by atoms with Crippen LogP contribution < -0.4 is 0 Å². The van der Waals surface area contributed by atoms with E-state index in [-0.39, 0.29) is 10.7 Å². The molecule has 1 rings (SSSR count). The smallest absolute Gasteiger partial charge is 0.165 e. The summed E-state index contributed by atoms with van der Waals surface area (Å²) in [5, 5.41) is 0.0130. The Balaban J connectivity index is 3.17. The second-order valence-electron chi connectivity index (χ2n) is 5.44. The van der Waals surface area contributed by atoms with Crippen LogP contribution in [0.2, 0.25) is 5.02 Å². The van der Waals surface area contributed by atoms with Crippen molar-refractivity contribution in [1.82, 2.24) is 9.29 Å². The van der Waals surface area contributed by atoms with Gasteiger partial charge in [-0.3, -0.25) is 4.98 Å². The van der Waals surface area contributed by atoms with Crippen LogP contribution in [-0.4, -0.2) is 25.6 Å². The van der Waals surface area contributed by atoms with E-state index >= 15 is 0 Å². The molecule has 0 aliphatic heterocycles. The number of aromatic nitrogens is 1. The van der Waals surface area contributed by atoms with Crippen LogP contribution in [0.25, 0.3) is 0 Å². The van der Waals surface area contributed by atoms with Gasteiger partial charge in [-0.15, -0.1) is 10.9 Å². The zero-order valence-corrected chi connectivity index (χ0v) is 13.8. The standard InChI is InChI=1S/C14H20ClFN2OS/c1-6-7-11(18(5)20(19)14(2,3)4)13-12(16)10(15)8-9-17-13/h6,8-9,11H,1,7H2,2-5H3/t11-,20?/m0/s1. The largest absolute Gasteiger partial charge is 0.597 e. The Hall–Kier alpha value is -0.620. The second kappa shape index (κ2) is 6.89. The van der Waals surface area contributed by atoms with Crippen LogP contribution in [0.5, 0.6) is 0 Å². The molecule has 0 saturated heterocycles. The number of halogens is 2. The summed E-state index contributed by atoms with van der Waals surface area (Å²) in [5.74, 6) is -0.571. The number of nitrogens with zero attached hydrogens (tertiary/aromatic N) is 2. The van der Waals surface area contributed by atoms with Crippen molar-refractivity contribution in [2.45, 2.75) is 38.0 Å². The fourth-order valence-electron chi connectivity index (χ4n) is 1.81. The molecule has 20 heavy (non-hydrogen) atoms. The number of pyridine rings is 1. The molecule has 0 aliphatic rings. The Morgan fingerprint density at radius 3 is 2.70 bits per heavy atom. The van der Waals surface area contributed by atoms with Crippen LogP contribution in [0.4, 0.5) is 4.39 Å². The van der Waals surface area contributed by atoms with Crippen LogP contribution in [0, 0.1) is 5.82 Å². The first kappa shape index (κ1) is 17.4. The predicted molar refractivity (Wildman–Crippen MR) is 82.4 cm³/mol. The molecular weight excluding hydrogens is 299 g/mol. The molecule has 3 nitrogen and oxygen atoms in total. The first-order valence-corrected chi connectivity index (χ1v) is 7.74. The first-order chi connectivity index (χ1) is 9.20. The van der Waals surface area contributed by atoms with E-state index in [9.17, 15) is 8.94 Å². The summed E-state index contributed by atoms with van der Waals surface area (Å²) in [5.41, 5.74) is 0.192. The zero-order valence-electron chi connectivity index (χ0n) is 12.2. The van der Waals surface area contributed by atoms with Gasteiger partial charge in [0.15, 0.2) is 5.82 Å². The lowest BCUT2D eigenvalue weighted by Gasteiger charge is -2.34. The molecule has 0 fully saturated rings. The quantitative estimate of drug-likeness (QED) is 0.611. The van der Waals surface area contributed by atoms with Gasteiger partial charge in [-0.2, -0.15) is 0 Å². The third-order valence-electron chi connectivity index (χ3n) is 2.80. The molecule has 0 saturated carbocycles. The molecule has 1 heterocycles. The highest BCUT2D eigenvalue weighted by atomic mass is 35.5. The van der Waals surface area contributed by atoms with E-state index in [2.05, 4.69) is 11.6 Å². The van der Waals surface area contributed by atoms with Crippen molar-refractivity contribution in [3.05, 3.63) is 41.5 Å². The SMILES string of the molecule is C=CC[C@@H](c1nccc(Cl)c1F)N(C)[S+]([O-])C(C)(C)C. The van der Waals surface area contributed by atoms with Gasteiger partial charge in [0.05, 0.1) is 10.7 Å². The van der Waals surface area contributed by atoms with E-state index < -0.39 is 28.0 Å². The molecule has 0 bridgehead atoms. The molecular formula is C14H20ClFN2OS. The molecule has 1 aromatic rings. The highest BCUT2D eigenvalue weighted by molar-refractivity contribution is 7.90. The monoisotopic (exact) mass is 318 g/mol. The summed E-state index contributed by atoms with van der Waals surface area (Å²) in [6.07, 6.45) is 3.54. The van der Waals surface area contributed by atoms with Crippen molar-refractivity contribution in [3.8, 4) is 0 Å². The third-order valence-corrected chi connectivity index (χ3v) is 4.92. The van der Waals surface area contributed by atoms with Gasteiger partial charge >= 0.3 is 0 Å². The molecule has 2 atom stereocenters. The second-order valence-corrected chi connectivity index (χ2v) is 8.15. The average molecular weight is 319 g/mol. The molecule has 1 unspecified atom stereocenters. The third kappa shape index (κ3) is 3.95. The van der Waals surface area contributed by atoms with Crippen molar-refractivity contribution in [2.75, 3.05) is 7.05 Å². The summed E-state index contributed by atoms with van der Waals surface area (Å²) in [6, 6.07) is 0.928. The Morgan fingerprint density at radius 1 is 1.60 bits per heavy atom. The zero-order chi connectivity index (χ0) is 15.5. The van der Waals surface area contributed by atoms with Crippen LogP contribution in [-0.2, 0) is 11.4 Å². The van der Waals surface area contributed by atoms with Gasteiger partial charge in [-0.1, -0.05) is 17.7 Å². The average Bonchev–Trinajstić information content (AvgIpc) is 2.37. The summed E-state index contributed by atoms with van der Waals surface area (Å²) < 4.78 is 27.8.